The van der Waals surface area contributed by atoms with Gasteiger partial charge in [-0.25, -0.2) is 4.79 Å². The Morgan fingerprint density at radius 3 is 2.71 bits per heavy atom. The van der Waals surface area contributed by atoms with Gasteiger partial charge in [-0.3, -0.25) is 0 Å². The molecule has 0 atom stereocenters. The summed E-state index contributed by atoms with van der Waals surface area (Å²) in [5, 5.41) is 0. The van der Waals surface area contributed by atoms with E-state index in [-0.39, 0.29) is 5.97 Å². The molecule has 0 aliphatic heterocycles. The van der Waals surface area contributed by atoms with Crippen molar-refractivity contribution < 1.29 is 9.53 Å². The lowest BCUT2D eigenvalue weighted by molar-refractivity contribution is 0.0459. The van der Waals surface area contributed by atoms with Gasteiger partial charge in [0.15, 0.2) is 0 Å². The molecule has 0 unspecified atom stereocenters. The van der Waals surface area contributed by atoms with Gasteiger partial charge in [0.2, 0.25) is 0 Å². The Bertz CT molecular complexity index is 316. The maximum Gasteiger partial charge on any atom is 0.338 e. The zero-order valence-electron chi connectivity index (χ0n) is 8.91. The van der Waals surface area contributed by atoms with Gasteiger partial charge in [0.1, 0.15) is 0 Å². The molecule has 1 rings (SSSR count). The number of rotatable bonds is 3. The van der Waals surface area contributed by atoms with Crippen molar-refractivity contribution in [1.29, 1.82) is 0 Å². The van der Waals surface area contributed by atoms with Gasteiger partial charge in [-0.15, -0.1) is 0 Å². The number of carbonyl (C=O) groups is 1. The summed E-state index contributed by atoms with van der Waals surface area (Å²) in [6.45, 7) is 6.47. The second kappa shape index (κ2) is 4.80. The molecule has 2 heteroatoms. The summed E-state index contributed by atoms with van der Waals surface area (Å²) in [5.41, 5.74) is 1.70. The molecule has 14 heavy (non-hydrogen) atoms. The molecule has 0 bridgehead atoms. The van der Waals surface area contributed by atoms with E-state index < -0.39 is 0 Å². The third kappa shape index (κ3) is 3.21. The van der Waals surface area contributed by atoms with Crippen LogP contribution in [0.4, 0.5) is 0 Å². The van der Waals surface area contributed by atoms with Crippen molar-refractivity contribution in [2.24, 2.45) is 5.92 Å². The van der Waals surface area contributed by atoms with Crippen LogP contribution < -0.4 is 0 Å². The summed E-state index contributed by atoms with van der Waals surface area (Å²) in [4.78, 5) is 11.5. The third-order valence-corrected chi connectivity index (χ3v) is 1.80. The van der Waals surface area contributed by atoms with Crippen molar-refractivity contribution in [2.75, 3.05) is 6.61 Å². The quantitative estimate of drug-likeness (QED) is 0.688. The van der Waals surface area contributed by atoms with Crippen molar-refractivity contribution in [3.05, 3.63) is 35.4 Å². The monoisotopic (exact) mass is 192 g/mol. The highest BCUT2D eigenvalue weighted by Gasteiger charge is 2.07. The maximum absolute atomic E-state index is 11.5. The molecule has 0 aromatic heterocycles. The SMILES string of the molecule is Cc1cccc(C(=O)OCC(C)C)c1. The Morgan fingerprint density at radius 1 is 1.43 bits per heavy atom. The van der Waals surface area contributed by atoms with Gasteiger partial charge in [-0.05, 0) is 25.0 Å². The number of aryl methyl sites for hydroxylation is 1. The van der Waals surface area contributed by atoms with Crippen LogP contribution in [-0.4, -0.2) is 12.6 Å². The average Bonchev–Trinajstić information content (AvgIpc) is 2.14. The molecule has 0 aliphatic carbocycles. The molecule has 0 spiro atoms. The van der Waals surface area contributed by atoms with Crippen molar-refractivity contribution in [1.82, 2.24) is 0 Å². The third-order valence-electron chi connectivity index (χ3n) is 1.80. The smallest absolute Gasteiger partial charge is 0.338 e. The largest absolute Gasteiger partial charge is 0.462 e. The number of ether oxygens (including phenoxy) is 1. The summed E-state index contributed by atoms with van der Waals surface area (Å²) < 4.78 is 5.11. The first-order valence-corrected chi connectivity index (χ1v) is 4.83. The Labute approximate surface area is 84.9 Å². The van der Waals surface area contributed by atoms with Gasteiger partial charge in [-0.1, -0.05) is 31.5 Å². The van der Waals surface area contributed by atoms with Crippen LogP contribution in [0.1, 0.15) is 29.8 Å². The van der Waals surface area contributed by atoms with Crippen LogP contribution in [-0.2, 0) is 4.74 Å². The van der Waals surface area contributed by atoms with Crippen LogP contribution in [0.5, 0.6) is 0 Å². The second-order valence-electron chi connectivity index (χ2n) is 3.86. The minimum Gasteiger partial charge on any atom is -0.462 e. The average molecular weight is 192 g/mol. The topological polar surface area (TPSA) is 26.3 Å². The number of carbonyl (C=O) groups excluding carboxylic acids is 1. The summed E-state index contributed by atoms with van der Waals surface area (Å²) >= 11 is 0. The predicted molar refractivity (Wildman–Crippen MR) is 56.3 cm³/mol. The number of esters is 1. The van der Waals surface area contributed by atoms with E-state index in [0.29, 0.717) is 18.1 Å². The molecular weight excluding hydrogens is 176 g/mol. The van der Waals surface area contributed by atoms with E-state index >= 15 is 0 Å². The fourth-order valence-electron chi connectivity index (χ4n) is 1.10. The Balaban J connectivity index is 2.61. The molecule has 2 nitrogen and oxygen atoms in total. The lowest BCUT2D eigenvalue weighted by Crippen LogP contribution is -2.10. The van der Waals surface area contributed by atoms with Crippen LogP contribution >= 0.6 is 0 Å². The molecule has 0 heterocycles. The Kier molecular flexibility index (Phi) is 3.69. The van der Waals surface area contributed by atoms with Crippen molar-refractivity contribution in [3.63, 3.8) is 0 Å². The highest BCUT2D eigenvalue weighted by molar-refractivity contribution is 5.89. The van der Waals surface area contributed by atoms with Crippen LogP contribution in [0, 0.1) is 12.8 Å². The highest BCUT2D eigenvalue weighted by Crippen LogP contribution is 2.06. The fraction of sp³-hybridized carbons (Fsp3) is 0.417. The zero-order valence-corrected chi connectivity index (χ0v) is 8.91. The molecule has 0 amide bonds. The molecule has 0 saturated carbocycles. The summed E-state index contributed by atoms with van der Waals surface area (Å²) in [6.07, 6.45) is 0. The predicted octanol–water partition coefficient (Wildman–Crippen LogP) is 2.81. The van der Waals surface area contributed by atoms with Crippen molar-refractivity contribution >= 4 is 5.97 Å². The molecule has 0 aliphatic rings. The molecule has 1 aromatic carbocycles. The van der Waals surface area contributed by atoms with Gasteiger partial charge in [-0.2, -0.15) is 0 Å². The maximum atomic E-state index is 11.5. The standard InChI is InChI=1S/C12H16O2/c1-9(2)8-14-12(13)11-6-4-5-10(3)7-11/h4-7,9H,8H2,1-3H3. The van der Waals surface area contributed by atoms with E-state index in [4.69, 9.17) is 4.74 Å². The summed E-state index contributed by atoms with van der Waals surface area (Å²) in [5.74, 6) is 0.145. The van der Waals surface area contributed by atoms with Crippen LogP contribution in [0.3, 0.4) is 0 Å². The van der Waals surface area contributed by atoms with Gasteiger partial charge >= 0.3 is 5.97 Å². The minimum atomic E-state index is -0.234. The summed E-state index contributed by atoms with van der Waals surface area (Å²) in [7, 11) is 0. The lowest BCUT2D eigenvalue weighted by Gasteiger charge is -2.07. The molecule has 0 fully saturated rings. The zero-order chi connectivity index (χ0) is 10.6. The highest BCUT2D eigenvalue weighted by atomic mass is 16.5. The van der Waals surface area contributed by atoms with Crippen LogP contribution in [0.25, 0.3) is 0 Å². The van der Waals surface area contributed by atoms with Crippen LogP contribution in [0.15, 0.2) is 24.3 Å². The molecule has 1 aromatic rings. The number of hydrogen-bond acceptors (Lipinski definition) is 2. The number of benzene rings is 1. The molecule has 76 valence electrons. The van der Waals surface area contributed by atoms with E-state index in [1.165, 1.54) is 0 Å². The number of hydrogen-bond donors (Lipinski definition) is 0. The van der Waals surface area contributed by atoms with E-state index in [1.54, 1.807) is 6.07 Å². The lowest BCUT2D eigenvalue weighted by atomic mass is 10.1. The van der Waals surface area contributed by atoms with Gasteiger partial charge in [0.05, 0.1) is 12.2 Å². The van der Waals surface area contributed by atoms with Crippen molar-refractivity contribution in [3.8, 4) is 0 Å². The van der Waals surface area contributed by atoms with E-state index in [1.807, 2.05) is 39.0 Å². The first-order chi connectivity index (χ1) is 6.59. The van der Waals surface area contributed by atoms with E-state index in [2.05, 4.69) is 0 Å². The molecule has 0 N–H and O–H groups in total. The van der Waals surface area contributed by atoms with Gasteiger partial charge in [0.25, 0.3) is 0 Å². The Morgan fingerprint density at radius 2 is 2.14 bits per heavy atom. The normalized spacial score (nSPS) is 10.3. The Hall–Kier alpha value is -1.31. The van der Waals surface area contributed by atoms with Gasteiger partial charge < -0.3 is 4.74 Å². The van der Waals surface area contributed by atoms with E-state index in [0.717, 1.165) is 5.56 Å². The van der Waals surface area contributed by atoms with Crippen LogP contribution in [0.2, 0.25) is 0 Å². The molecular formula is C12H16O2. The second-order valence-corrected chi connectivity index (χ2v) is 3.86. The van der Waals surface area contributed by atoms with Crippen molar-refractivity contribution in [2.45, 2.75) is 20.8 Å². The molecule has 0 radical (unpaired) electrons. The first-order valence-electron chi connectivity index (χ1n) is 4.83. The van der Waals surface area contributed by atoms with E-state index in [9.17, 15) is 4.79 Å². The summed E-state index contributed by atoms with van der Waals surface area (Å²) in [6, 6.07) is 7.43. The van der Waals surface area contributed by atoms with Gasteiger partial charge in [0, 0.05) is 0 Å². The fourth-order valence-corrected chi connectivity index (χ4v) is 1.10. The minimum absolute atomic E-state index is 0.234. The first kappa shape index (κ1) is 10.8. The molecule has 0 saturated heterocycles.